The molecule has 26 heavy (non-hydrogen) atoms. The molecule has 0 spiro atoms. The Morgan fingerprint density at radius 2 is 2.04 bits per heavy atom. The molecular formula is C20H20ClN3O2. The van der Waals surface area contributed by atoms with Crippen molar-refractivity contribution in [3.8, 4) is 11.9 Å². The van der Waals surface area contributed by atoms with Gasteiger partial charge in [-0.1, -0.05) is 12.1 Å². The molecule has 2 aromatic heterocycles. The molecule has 0 unspecified atom stereocenters. The zero-order valence-corrected chi connectivity index (χ0v) is 15.1. The summed E-state index contributed by atoms with van der Waals surface area (Å²) in [6, 6.07) is 13.7. The highest BCUT2D eigenvalue weighted by Gasteiger charge is 2.17. The van der Waals surface area contributed by atoms with Gasteiger partial charge in [-0.3, -0.25) is 0 Å². The van der Waals surface area contributed by atoms with Crippen molar-refractivity contribution in [3.05, 3.63) is 59.5 Å². The van der Waals surface area contributed by atoms with E-state index in [1.165, 1.54) is 0 Å². The van der Waals surface area contributed by atoms with Gasteiger partial charge in [-0.15, -0.1) is 12.4 Å². The molecule has 0 atom stereocenters. The third kappa shape index (κ3) is 3.67. The summed E-state index contributed by atoms with van der Waals surface area (Å²) < 4.78 is 11.4. The lowest BCUT2D eigenvalue weighted by atomic mass is 9.94. The van der Waals surface area contributed by atoms with Crippen LogP contribution in [0, 0.1) is 11.3 Å². The van der Waals surface area contributed by atoms with Gasteiger partial charge in [-0.2, -0.15) is 5.26 Å². The Labute approximate surface area is 158 Å². The number of ether oxygens (including phenoxy) is 1. The van der Waals surface area contributed by atoms with Gasteiger partial charge >= 0.3 is 0 Å². The van der Waals surface area contributed by atoms with Crippen LogP contribution in [0.3, 0.4) is 0 Å². The number of fused-ring (bicyclic) bond motifs is 1. The molecular weight excluding hydrogens is 350 g/mol. The number of furan rings is 1. The summed E-state index contributed by atoms with van der Waals surface area (Å²) in [6.07, 6.45) is 3.83. The second-order valence-electron chi connectivity index (χ2n) is 6.26. The van der Waals surface area contributed by atoms with Crippen LogP contribution in [0.4, 0.5) is 0 Å². The zero-order valence-electron chi connectivity index (χ0n) is 14.3. The Bertz CT molecular complexity index is 926. The van der Waals surface area contributed by atoms with Gasteiger partial charge < -0.3 is 14.5 Å². The van der Waals surface area contributed by atoms with E-state index in [0.717, 1.165) is 42.6 Å². The van der Waals surface area contributed by atoms with Gasteiger partial charge in [0.2, 0.25) is 5.88 Å². The number of halogens is 1. The fourth-order valence-corrected chi connectivity index (χ4v) is 3.34. The standard InChI is InChI=1S/C20H19N3O2.ClH/c21-12-15-4-5-16(17-8-11-24-20(15)17)13-25-19-3-1-2-18(23-19)14-6-9-22-10-7-14;/h1-5,8,11,14,22H,6-7,9-10,13H2;1H. The highest BCUT2D eigenvalue weighted by molar-refractivity contribution is 5.86. The van der Waals surface area contributed by atoms with E-state index in [-0.39, 0.29) is 12.4 Å². The SMILES string of the molecule is Cl.N#Cc1ccc(COc2cccc(C3CCNCC3)n2)c2ccoc12. The number of aromatic nitrogens is 1. The first-order valence-electron chi connectivity index (χ1n) is 8.55. The monoisotopic (exact) mass is 369 g/mol. The van der Waals surface area contributed by atoms with E-state index < -0.39 is 0 Å². The summed E-state index contributed by atoms with van der Waals surface area (Å²) in [5.41, 5.74) is 3.24. The Morgan fingerprint density at radius 1 is 1.19 bits per heavy atom. The van der Waals surface area contributed by atoms with E-state index in [1.54, 1.807) is 12.3 Å². The lowest BCUT2D eigenvalue weighted by Crippen LogP contribution is -2.27. The van der Waals surface area contributed by atoms with Crippen LogP contribution in [0.2, 0.25) is 0 Å². The van der Waals surface area contributed by atoms with Gasteiger partial charge in [0.25, 0.3) is 0 Å². The average molecular weight is 370 g/mol. The Balaban J connectivity index is 0.00000196. The van der Waals surface area contributed by atoms with Crippen LogP contribution >= 0.6 is 12.4 Å². The molecule has 0 radical (unpaired) electrons. The van der Waals surface area contributed by atoms with E-state index in [0.29, 0.717) is 29.6 Å². The van der Waals surface area contributed by atoms with E-state index in [1.807, 2.05) is 24.3 Å². The minimum absolute atomic E-state index is 0. The summed E-state index contributed by atoms with van der Waals surface area (Å²) in [5.74, 6) is 1.14. The van der Waals surface area contributed by atoms with Crippen LogP contribution in [0.25, 0.3) is 11.0 Å². The molecule has 134 valence electrons. The molecule has 0 amide bonds. The maximum atomic E-state index is 9.15. The van der Waals surface area contributed by atoms with Crippen molar-refractivity contribution in [1.29, 1.82) is 5.26 Å². The molecule has 1 fully saturated rings. The number of rotatable bonds is 4. The fraction of sp³-hybridized carbons (Fsp3) is 0.300. The number of hydrogen-bond acceptors (Lipinski definition) is 5. The Hall–Kier alpha value is -2.55. The van der Waals surface area contributed by atoms with Crippen LogP contribution in [0.1, 0.15) is 35.6 Å². The minimum atomic E-state index is 0. The number of nitrogens with one attached hydrogen (secondary N) is 1. The summed E-state index contributed by atoms with van der Waals surface area (Å²) in [5, 5.41) is 13.4. The van der Waals surface area contributed by atoms with E-state index >= 15 is 0 Å². The van der Waals surface area contributed by atoms with Crippen LogP contribution in [0.5, 0.6) is 5.88 Å². The molecule has 4 rings (SSSR count). The first kappa shape index (κ1) is 18.2. The molecule has 1 aromatic carbocycles. The topological polar surface area (TPSA) is 71.1 Å². The lowest BCUT2D eigenvalue weighted by molar-refractivity contribution is 0.293. The van der Waals surface area contributed by atoms with Crippen molar-refractivity contribution in [2.24, 2.45) is 0 Å². The van der Waals surface area contributed by atoms with Crippen molar-refractivity contribution in [2.75, 3.05) is 13.1 Å². The number of piperidine rings is 1. The van der Waals surface area contributed by atoms with Crippen molar-refractivity contribution in [2.45, 2.75) is 25.4 Å². The zero-order chi connectivity index (χ0) is 17.1. The van der Waals surface area contributed by atoms with Gasteiger partial charge in [-0.05, 0) is 44.1 Å². The third-order valence-electron chi connectivity index (χ3n) is 4.71. The molecule has 0 aliphatic carbocycles. The molecule has 1 aliphatic heterocycles. The molecule has 1 aliphatic rings. The maximum Gasteiger partial charge on any atom is 0.213 e. The lowest BCUT2D eigenvalue weighted by Gasteiger charge is -2.22. The van der Waals surface area contributed by atoms with E-state index in [9.17, 15) is 0 Å². The minimum Gasteiger partial charge on any atom is -0.473 e. The van der Waals surface area contributed by atoms with Crippen LogP contribution < -0.4 is 10.1 Å². The predicted octanol–water partition coefficient (Wildman–Crippen LogP) is 4.17. The summed E-state index contributed by atoms with van der Waals surface area (Å²) in [6.45, 7) is 2.48. The maximum absolute atomic E-state index is 9.15. The molecule has 5 nitrogen and oxygen atoms in total. The normalized spacial score (nSPS) is 14.6. The predicted molar refractivity (Wildman–Crippen MR) is 102 cm³/mol. The Kier molecular flexibility index (Phi) is 5.77. The van der Waals surface area contributed by atoms with Crippen LogP contribution in [-0.2, 0) is 6.61 Å². The summed E-state index contributed by atoms with van der Waals surface area (Å²) in [4.78, 5) is 4.69. The van der Waals surface area contributed by atoms with Crippen molar-refractivity contribution in [1.82, 2.24) is 10.3 Å². The second-order valence-corrected chi connectivity index (χ2v) is 6.26. The van der Waals surface area contributed by atoms with E-state index in [4.69, 9.17) is 14.4 Å². The first-order valence-corrected chi connectivity index (χ1v) is 8.55. The first-order chi connectivity index (χ1) is 12.3. The number of hydrogen-bond donors (Lipinski definition) is 1. The quantitative estimate of drug-likeness (QED) is 0.747. The van der Waals surface area contributed by atoms with Gasteiger partial charge in [0.05, 0.1) is 11.8 Å². The third-order valence-corrected chi connectivity index (χ3v) is 4.71. The van der Waals surface area contributed by atoms with Gasteiger partial charge in [0.15, 0.2) is 5.58 Å². The fourth-order valence-electron chi connectivity index (χ4n) is 3.34. The average Bonchev–Trinajstić information content (AvgIpc) is 3.17. The van der Waals surface area contributed by atoms with Gasteiger partial charge in [0, 0.05) is 28.6 Å². The molecule has 3 heterocycles. The summed E-state index contributed by atoms with van der Waals surface area (Å²) >= 11 is 0. The molecule has 1 saturated heterocycles. The number of nitrogens with zero attached hydrogens (tertiary/aromatic N) is 2. The molecule has 0 saturated carbocycles. The van der Waals surface area contributed by atoms with Crippen LogP contribution in [0.15, 0.2) is 47.1 Å². The molecule has 6 heteroatoms. The van der Waals surface area contributed by atoms with Crippen molar-refractivity contribution in [3.63, 3.8) is 0 Å². The van der Waals surface area contributed by atoms with Gasteiger partial charge in [-0.25, -0.2) is 4.98 Å². The highest BCUT2D eigenvalue weighted by Crippen LogP contribution is 2.27. The van der Waals surface area contributed by atoms with Crippen molar-refractivity contribution < 1.29 is 9.15 Å². The second kappa shape index (κ2) is 8.22. The molecule has 3 aromatic rings. The van der Waals surface area contributed by atoms with Crippen LogP contribution in [-0.4, -0.2) is 18.1 Å². The smallest absolute Gasteiger partial charge is 0.213 e. The van der Waals surface area contributed by atoms with Gasteiger partial charge in [0.1, 0.15) is 12.7 Å². The summed E-state index contributed by atoms with van der Waals surface area (Å²) in [7, 11) is 0. The molecule has 1 N–H and O–H groups in total. The number of benzene rings is 1. The van der Waals surface area contributed by atoms with Crippen molar-refractivity contribution >= 4 is 23.4 Å². The Morgan fingerprint density at radius 3 is 2.85 bits per heavy atom. The number of nitriles is 1. The molecule has 0 bridgehead atoms. The highest BCUT2D eigenvalue weighted by atomic mass is 35.5. The largest absolute Gasteiger partial charge is 0.473 e. The number of pyridine rings is 1. The van der Waals surface area contributed by atoms with E-state index in [2.05, 4.69) is 22.4 Å².